The number of aromatic nitrogens is 1. The van der Waals surface area contributed by atoms with Crippen molar-refractivity contribution in [3.8, 4) is 5.88 Å². The number of carbonyl (C=O) groups excluding carboxylic acids is 2. The second kappa shape index (κ2) is 8.04. The van der Waals surface area contributed by atoms with Gasteiger partial charge in [0, 0.05) is 19.3 Å². The highest BCUT2D eigenvalue weighted by molar-refractivity contribution is 5.93. The van der Waals surface area contributed by atoms with Gasteiger partial charge in [0.2, 0.25) is 5.88 Å². The molecule has 1 aromatic rings. The Hall–Kier alpha value is -2.37. The molecule has 114 valence electrons. The maximum Gasteiger partial charge on any atom is 0.344 e. The van der Waals surface area contributed by atoms with Gasteiger partial charge < -0.3 is 14.4 Å². The van der Waals surface area contributed by atoms with Gasteiger partial charge >= 0.3 is 5.97 Å². The van der Waals surface area contributed by atoms with Crippen LogP contribution in [0.5, 0.6) is 5.88 Å². The van der Waals surface area contributed by atoms with Crippen molar-refractivity contribution in [1.82, 2.24) is 9.88 Å². The topological polar surface area (TPSA) is 68.7 Å². The third-order valence-corrected chi connectivity index (χ3v) is 2.71. The lowest BCUT2D eigenvalue weighted by atomic mass is 10.3. The zero-order valence-electron chi connectivity index (χ0n) is 12.6. The van der Waals surface area contributed by atoms with Crippen LogP contribution in [0.2, 0.25) is 0 Å². The normalized spacial score (nSPS) is 9.86. The lowest BCUT2D eigenvalue weighted by Crippen LogP contribution is -2.35. The molecule has 0 saturated heterocycles. The smallest absolute Gasteiger partial charge is 0.344 e. The van der Waals surface area contributed by atoms with Gasteiger partial charge in [0.05, 0.1) is 7.11 Å². The van der Waals surface area contributed by atoms with E-state index in [0.29, 0.717) is 13.1 Å². The van der Waals surface area contributed by atoms with Crippen LogP contribution in [0.25, 0.3) is 0 Å². The van der Waals surface area contributed by atoms with E-state index in [-0.39, 0.29) is 24.0 Å². The molecule has 0 fully saturated rings. The molecule has 0 saturated carbocycles. The molecule has 6 heteroatoms. The van der Waals surface area contributed by atoms with Crippen molar-refractivity contribution in [1.29, 1.82) is 0 Å². The Kier molecular flexibility index (Phi) is 6.39. The van der Waals surface area contributed by atoms with Crippen molar-refractivity contribution < 1.29 is 19.1 Å². The van der Waals surface area contributed by atoms with Crippen LogP contribution in [0.3, 0.4) is 0 Å². The number of pyridine rings is 1. The number of ether oxygens (including phenoxy) is 2. The fourth-order valence-electron chi connectivity index (χ4n) is 1.71. The van der Waals surface area contributed by atoms with Crippen LogP contribution in [0.1, 0.15) is 24.2 Å². The summed E-state index contributed by atoms with van der Waals surface area (Å²) in [7, 11) is 1.41. The van der Waals surface area contributed by atoms with E-state index in [2.05, 4.69) is 11.6 Å². The molecule has 1 heterocycles. The van der Waals surface area contributed by atoms with Gasteiger partial charge in [0.15, 0.2) is 6.61 Å². The van der Waals surface area contributed by atoms with Gasteiger partial charge in [-0.15, -0.1) is 0 Å². The van der Waals surface area contributed by atoms with Gasteiger partial charge in [-0.1, -0.05) is 12.2 Å². The highest BCUT2D eigenvalue weighted by Crippen LogP contribution is 2.14. The van der Waals surface area contributed by atoms with Crippen LogP contribution in [0.4, 0.5) is 0 Å². The van der Waals surface area contributed by atoms with Crippen molar-refractivity contribution in [2.75, 3.05) is 26.8 Å². The van der Waals surface area contributed by atoms with E-state index in [4.69, 9.17) is 9.47 Å². The van der Waals surface area contributed by atoms with Crippen LogP contribution >= 0.6 is 0 Å². The number of nitrogens with zero attached hydrogens (tertiary/aromatic N) is 2. The lowest BCUT2D eigenvalue weighted by molar-refractivity contribution is -0.133. The van der Waals surface area contributed by atoms with Gasteiger partial charge in [-0.3, -0.25) is 4.79 Å². The highest BCUT2D eigenvalue weighted by Gasteiger charge is 2.18. The molecule has 0 bridgehead atoms. The van der Waals surface area contributed by atoms with Crippen molar-refractivity contribution in [3.05, 3.63) is 36.0 Å². The quantitative estimate of drug-likeness (QED) is 0.565. The second-order valence-electron chi connectivity index (χ2n) is 4.50. The standard InChI is InChI=1S/C15H20N2O4/c1-5-17(9-11(2)3)13(18)10-21-15(19)12-7-6-8-16-14(12)20-4/h6-8H,2,5,9-10H2,1,3-4H3. The average molecular weight is 292 g/mol. The van der Waals surface area contributed by atoms with Crippen molar-refractivity contribution in [2.45, 2.75) is 13.8 Å². The molecule has 21 heavy (non-hydrogen) atoms. The lowest BCUT2D eigenvalue weighted by Gasteiger charge is -2.20. The van der Waals surface area contributed by atoms with Gasteiger partial charge in [-0.2, -0.15) is 0 Å². The summed E-state index contributed by atoms with van der Waals surface area (Å²) >= 11 is 0. The Morgan fingerprint density at radius 1 is 1.43 bits per heavy atom. The monoisotopic (exact) mass is 292 g/mol. The SMILES string of the molecule is C=C(C)CN(CC)C(=O)COC(=O)c1cccnc1OC. The second-order valence-corrected chi connectivity index (χ2v) is 4.50. The molecule has 1 rings (SSSR count). The van der Waals surface area contributed by atoms with Crippen LogP contribution in [-0.4, -0.2) is 48.6 Å². The first-order valence-corrected chi connectivity index (χ1v) is 6.57. The number of hydrogen-bond acceptors (Lipinski definition) is 5. The zero-order valence-corrected chi connectivity index (χ0v) is 12.6. The molecule has 0 spiro atoms. The summed E-state index contributed by atoms with van der Waals surface area (Å²) in [6.07, 6.45) is 1.51. The summed E-state index contributed by atoms with van der Waals surface area (Å²) in [6.45, 7) is 8.11. The first-order valence-electron chi connectivity index (χ1n) is 6.57. The molecule has 0 radical (unpaired) electrons. The van der Waals surface area contributed by atoms with Crippen LogP contribution < -0.4 is 4.74 Å². The highest BCUT2D eigenvalue weighted by atomic mass is 16.5. The third kappa shape index (κ3) is 4.91. The molecule has 0 aliphatic heterocycles. The maximum absolute atomic E-state index is 12.0. The van der Waals surface area contributed by atoms with E-state index in [1.807, 2.05) is 13.8 Å². The van der Waals surface area contributed by atoms with Gasteiger partial charge in [-0.25, -0.2) is 9.78 Å². The minimum atomic E-state index is -0.639. The predicted molar refractivity (Wildman–Crippen MR) is 78.1 cm³/mol. The Morgan fingerprint density at radius 2 is 2.14 bits per heavy atom. The molecular formula is C15H20N2O4. The summed E-state index contributed by atoms with van der Waals surface area (Å²) in [5.41, 5.74) is 1.06. The summed E-state index contributed by atoms with van der Waals surface area (Å²) in [4.78, 5) is 29.4. The molecule has 1 aromatic heterocycles. The molecule has 6 nitrogen and oxygen atoms in total. The summed E-state index contributed by atoms with van der Waals surface area (Å²) < 4.78 is 9.99. The van der Waals surface area contributed by atoms with Crippen LogP contribution in [0.15, 0.2) is 30.5 Å². The number of carbonyl (C=O) groups is 2. The zero-order chi connectivity index (χ0) is 15.8. The average Bonchev–Trinajstić information content (AvgIpc) is 2.49. The first kappa shape index (κ1) is 16.7. The largest absolute Gasteiger partial charge is 0.480 e. The number of hydrogen-bond donors (Lipinski definition) is 0. The number of esters is 1. The summed E-state index contributed by atoms with van der Waals surface area (Å²) in [6, 6.07) is 3.13. The van der Waals surface area contributed by atoms with Crippen molar-refractivity contribution in [3.63, 3.8) is 0 Å². The molecule has 0 N–H and O–H groups in total. The molecule has 0 unspecified atom stereocenters. The Bertz CT molecular complexity index is 528. The van der Waals surface area contributed by atoms with Crippen molar-refractivity contribution >= 4 is 11.9 Å². The molecule has 0 aliphatic rings. The Balaban J connectivity index is 2.63. The fourth-order valence-corrected chi connectivity index (χ4v) is 1.71. The summed E-state index contributed by atoms with van der Waals surface area (Å²) in [5.74, 6) is -0.736. The van der Waals surface area contributed by atoms with E-state index >= 15 is 0 Å². The number of amides is 1. The Labute approximate surface area is 124 Å². The minimum Gasteiger partial charge on any atom is -0.480 e. The first-order chi connectivity index (χ1) is 9.99. The van der Waals surface area contributed by atoms with Crippen LogP contribution in [-0.2, 0) is 9.53 Å². The maximum atomic E-state index is 12.0. The third-order valence-electron chi connectivity index (χ3n) is 2.71. The molecular weight excluding hydrogens is 272 g/mol. The van der Waals surface area contributed by atoms with Gasteiger partial charge in [0.1, 0.15) is 5.56 Å². The molecule has 0 aliphatic carbocycles. The van der Waals surface area contributed by atoms with Crippen molar-refractivity contribution in [2.24, 2.45) is 0 Å². The van der Waals surface area contributed by atoms with E-state index in [1.54, 1.807) is 11.0 Å². The number of likely N-dealkylation sites (N-methyl/N-ethyl adjacent to an activating group) is 1. The minimum absolute atomic E-state index is 0.171. The fraction of sp³-hybridized carbons (Fsp3) is 0.400. The van der Waals surface area contributed by atoms with E-state index in [0.717, 1.165) is 5.57 Å². The van der Waals surface area contributed by atoms with E-state index in [9.17, 15) is 9.59 Å². The van der Waals surface area contributed by atoms with Gasteiger partial charge in [0.25, 0.3) is 5.91 Å². The number of methoxy groups -OCH3 is 1. The predicted octanol–water partition coefficient (Wildman–Crippen LogP) is 1.67. The van der Waals surface area contributed by atoms with Crippen LogP contribution in [0, 0.1) is 0 Å². The number of rotatable bonds is 7. The molecule has 0 atom stereocenters. The molecule has 0 aromatic carbocycles. The summed E-state index contributed by atoms with van der Waals surface area (Å²) in [5, 5.41) is 0. The van der Waals surface area contributed by atoms with Gasteiger partial charge in [-0.05, 0) is 26.0 Å². The Morgan fingerprint density at radius 3 is 2.71 bits per heavy atom. The molecule has 1 amide bonds. The van der Waals surface area contributed by atoms with E-state index in [1.165, 1.54) is 19.4 Å². The van der Waals surface area contributed by atoms with E-state index < -0.39 is 5.97 Å².